The highest BCUT2D eigenvalue weighted by Gasteiger charge is 2.17. The van der Waals surface area contributed by atoms with E-state index in [1.54, 1.807) is 0 Å². The Morgan fingerprint density at radius 3 is 2.21 bits per heavy atom. The Morgan fingerprint density at radius 2 is 1.58 bits per heavy atom. The van der Waals surface area contributed by atoms with Crippen LogP contribution in [0.2, 0.25) is 0 Å². The summed E-state index contributed by atoms with van der Waals surface area (Å²) < 4.78 is 40.4. The van der Waals surface area contributed by atoms with Crippen molar-refractivity contribution in [3.63, 3.8) is 0 Å². The third kappa shape index (κ3) is 2.59. The molecule has 0 unspecified atom stereocenters. The van der Waals surface area contributed by atoms with Crippen LogP contribution < -0.4 is 5.32 Å². The average Bonchev–Trinajstić information content (AvgIpc) is 2.37. The van der Waals surface area contributed by atoms with Gasteiger partial charge in [-0.25, -0.2) is 13.2 Å². The fourth-order valence-corrected chi connectivity index (χ4v) is 1.62. The zero-order valence-electron chi connectivity index (χ0n) is 10.0. The lowest BCUT2D eigenvalue weighted by Gasteiger charge is -2.09. The minimum atomic E-state index is -0.915. The van der Waals surface area contributed by atoms with Crippen LogP contribution in [0.1, 0.15) is 15.9 Å². The number of anilines is 1. The molecule has 0 spiro atoms. The first-order chi connectivity index (χ1) is 9.00. The molecule has 2 nitrogen and oxygen atoms in total. The number of carbonyl (C=O) groups excluding carboxylic acids is 1. The smallest absolute Gasteiger partial charge is 0.258 e. The van der Waals surface area contributed by atoms with E-state index in [0.29, 0.717) is 0 Å². The van der Waals surface area contributed by atoms with E-state index >= 15 is 0 Å². The van der Waals surface area contributed by atoms with Gasteiger partial charge in [-0.3, -0.25) is 4.79 Å². The Bertz CT molecular complexity index is 620. The third-order valence-electron chi connectivity index (χ3n) is 2.64. The van der Waals surface area contributed by atoms with Gasteiger partial charge in [-0.15, -0.1) is 0 Å². The summed E-state index contributed by atoms with van der Waals surface area (Å²) in [6.45, 7) is 1.50. The summed E-state index contributed by atoms with van der Waals surface area (Å²) in [5, 5.41) is 2.03. The van der Waals surface area contributed by atoms with Crippen molar-refractivity contribution in [3.8, 4) is 0 Å². The van der Waals surface area contributed by atoms with Crippen LogP contribution in [0.3, 0.4) is 0 Å². The molecule has 19 heavy (non-hydrogen) atoms. The highest BCUT2D eigenvalue weighted by molar-refractivity contribution is 6.04. The number of hydrogen-bond donors (Lipinski definition) is 1. The summed E-state index contributed by atoms with van der Waals surface area (Å²) >= 11 is 0. The molecule has 0 bridgehead atoms. The summed E-state index contributed by atoms with van der Waals surface area (Å²) in [5.41, 5.74) is -0.572. The minimum Gasteiger partial charge on any atom is -0.317 e. The van der Waals surface area contributed by atoms with Gasteiger partial charge in [-0.2, -0.15) is 0 Å². The van der Waals surface area contributed by atoms with Crippen molar-refractivity contribution in [3.05, 3.63) is 65.0 Å². The van der Waals surface area contributed by atoms with Crippen LogP contribution in [0, 0.1) is 24.4 Å². The van der Waals surface area contributed by atoms with Gasteiger partial charge < -0.3 is 5.32 Å². The highest BCUT2D eigenvalue weighted by atomic mass is 19.1. The molecular formula is C14H10F3NO. The monoisotopic (exact) mass is 265 g/mol. The molecule has 0 radical (unpaired) electrons. The predicted molar refractivity (Wildman–Crippen MR) is 65.4 cm³/mol. The van der Waals surface area contributed by atoms with Crippen LogP contribution in [0.5, 0.6) is 0 Å². The first-order valence-electron chi connectivity index (χ1n) is 5.51. The molecule has 0 aliphatic carbocycles. The second-order valence-corrected chi connectivity index (χ2v) is 3.99. The van der Waals surface area contributed by atoms with E-state index in [1.165, 1.54) is 31.2 Å². The molecule has 0 aliphatic heterocycles. The summed E-state index contributed by atoms with van der Waals surface area (Å²) in [6, 6.07) is 7.42. The Morgan fingerprint density at radius 1 is 1.00 bits per heavy atom. The molecule has 2 rings (SSSR count). The molecule has 98 valence electrons. The summed E-state index contributed by atoms with van der Waals surface area (Å²) in [7, 11) is 0. The number of nitrogens with one attached hydrogen (secondary N) is 1. The summed E-state index contributed by atoms with van der Waals surface area (Å²) in [6.07, 6.45) is 0. The molecule has 2 aromatic carbocycles. The number of halogens is 3. The SMILES string of the molecule is Cc1cccc(C(=O)Nc2c(F)cccc2F)c1F. The second-order valence-electron chi connectivity index (χ2n) is 3.99. The summed E-state index contributed by atoms with van der Waals surface area (Å²) in [4.78, 5) is 11.8. The van der Waals surface area contributed by atoms with Crippen LogP contribution >= 0.6 is 0 Å². The van der Waals surface area contributed by atoms with Gasteiger partial charge in [-0.05, 0) is 30.7 Å². The third-order valence-corrected chi connectivity index (χ3v) is 2.64. The molecule has 0 aromatic heterocycles. The summed E-state index contributed by atoms with van der Waals surface area (Å²) in [5.74, 6) is -3.44. The zero-order chi connectivity index (χ0) is 14.0. The number of benzene rings is 2. The number of carbonyl (C=O) groups is 1. The molecular weight excluding hydrogens is 255 g/mol. The Balaban J connectivity index is 2.34. The quantitative estimate of drug-likeness (QED) is 0.882. The molecule has 1 N–H and O–H groups in total. The van der Waals surface area contributed by atoms with Gasteiger partial charge in [0.2, 0.25) is 0 Å². The fourth-order valence-electron chi connectivity index (χ4n) is 1.62. The van der Waals surface area contributed by atoms with Crippen molar-refractivity contribution in [2.75, 3.05) is 5.32 Å². The standard InChI is InChI=1S/C14H10F3NO/c1-8-4-2-5-9(12(8)17)14(19)18-13-10(15)6-3-7-11(13)16/h2-7H,1H3,(H,18,19). The average molecular weight is 265 g/mol. The van der Waals surface area contributed by atoms with E-state index in [2.05, 4.69) is 0 Å². The molecule has 0 atom stereocenters. The molecule has 0 saturated heterocycles. The van der Waals surface area contributed by atoms with E-state index in [4.69, 9.17) is 0 Å². The van der Waals surface area contributed by atoms with Crippen LogP contribution in [0.15, 0.2) is 36.4 Å². The van der Waals surface area contributed by atoms with Gasteiger partial charge in [0.1, 0.15) is 23.1 Å². The largest absolute Gasteiger partial charge is 0.317 e. The maximum atomic E-state index is 13.7. The molecule has 5 heteroatoms. The Labute approximate surface area is 107 Å². The van der Waals surface area contributed by atoms with Gasteiger partial charge in [0.15, 0.2) is 0 Å². The first kappa shape index (κ1) is 13.1. The Hall–Kier alpha value is -2.30. The number of aryl methyl sites for hydroxylation is 1. The predicted octanol–water partition coefficient (Wildman–Crippen LogP) is 3.66. The normalized spacial score (nSPS) is 10.3. The minimum absolute atomic E-state index is 0.261. The second kappa shape index (κ2) is 5.14. The van der Waals surface area contributed by atoms with Crippen molar-refractivity contribution in [1.29, 1.82) is 0 Å². The van der Waals surface area contributed by atoms with E-state index in [9.17, 15) is 18.0 Å². The maximum absolute atomic E-state index is 13.7. The van der Waals surface area contributed by atoms with Crippen LogP contribution in [0.4, 0.5) is 18.9 Å². The van der Waals surface area contributed by atoms with E-state index < -0.39 is 29.0 Å². The van der Waals surface area contributed by atoms with Crippen molar-refractivity contribution >= 4 is 11.6 Å². The van der Waals surface area contributed by atoms with Gasteiger partial charge in [0, 0.05) is 0 Å². The molecule has 0 saturated carbocycles. The van der Waals surface area contributed by atoms with Crippen LogP contribution in [0.25, 0.3) is 0 Å². The lowest BCUT2D eigenvalue weighted by atomic mass is 10.1. The fraction of sp³-hybridized carbons (Fsp3) is 0.0714. The van der Waals surface area contributed by atoms with Gasteiger partial charge in [0.25, 0.3) is 5.91 Å². The lowest BCUT2D eigenvalue weighted by Crippen LogP contribution is -2.16. The van der Waals surface area contributed by atoms with E-state index in [1.807, 2.05) is 5.32 Å². The number of amides is 1. The molecule has 2 aromatic rings. The lowest BCUT2D eigenvalue weighted by molar-refractivity contribution is 0.102. The molecule has 0 fully saturated rings. The van der Waals surface area contributed by atoms with Crippen molar-refractivity contribution in [2.45, 2.75) is 6.92 Å². The first-order valence-corrected chi connectivity index (χ1v) is 5.51. The zero-order valence-corrected chi connectivity index (χ0v) is 10.0. The topological polar surface area (TPSA) is 29.1 Å². The van der Waals surface area contributed by atoms with Crippen molar-refractivity contribution in [1.82, 2.24) is 0 Å². The van der Waals surface area contributed by atoms with Gasteiger partial charge in [-0.1, -0.05) is 18.2 Å². The van der Waals surface area contributed by atoms with E-state index in [-0.39, 0.29) is 11.1 Å². The number of hydrogen-bond acceptors (Lipinski definition) is 1. The number of rotatable bonds is 2. The number of para-hydroxylation sites is 1. The maximum Gasteiger partial charge on any atom is 0.258 e. The van der Waals surface area contributed by atoms with Gasteiger partial charge in [0.05, 0.1) is 5.56 Å². The van der Waals surface area contributed by atoms with E-state index in [0.717, 1.165) is 12.1 Å². The Kier molecular flexibility index (Phi) is 3.55. The van der Waals surface area contributed by atoms with Crippen LogP contribution in [-0.4, -0.2) is 5.91 Å². The highest BCUT2D eigenvalue weighted by Crippen LogP contribution is 2.20. The molecule has 0 heterocycles. The van der Waals surface area contributed by atoms with Crippen molar-refractivity contribution < 1.29 is 18.0 Å². The van der Waals surface area contributed by atoms with Crippen molar-refractivity contribution in [2.24, 2.45) is 0 Å². The van der Waals surface area contributed by atoms with Gasteiger partial charge >= 0.3 is 0 Å². The van der Waals surface area contributed by atoms with Crippen LogP contribution in [-0.2, 0) is 0 Å². The molecule has 0 aliphatic rings. The molecule has 1 amide bonds.